The van der Waals surface area contributed by atoms with Crippen molar-refractivity contribution >= 4 is 5.57 Å². The smallest absolute Gasteiger partial charge is 0.0120 e. The SMILES string of the molecule is C=C(c1ccc(C)cc1)c1c(C)c(C)cc(C)c1C. The standard InChI is InChI=1S/C19H22/c1-12-7-9-18(10-8-12)17(6)19-15(4)13(2)11-14(3)16(19)5/h7-11H,6H2,1-5H3. The van der Waals surface area contributed by atoms with Crippen molar-refractivity contribution in [3.63, 3.8) is 0 Å². The van der Waals surface area contributed by atoms with Crippen molar-refractivity contribution in [2.75, 3.05) is 0 Å². The minimum atomic E-state index is 1.13. The lowest BCUT2D eigenvalue weighted by atomic mass is 9.87. The highest BCUT2D eigenvalue weighted by atomic mass is 14.2. The fourth-order valence-corrected chi connectivity index (χ4v) is 2.57. The van der Waals surface area contributed by atoms with E-state index in [4.69, 9.17) is 0 Å². The van der Waals surface area contributed by atoms with Crippen LogP contribution in [0.2, 0.25) is 0 Å². The molecule has 98 valence electrons. The summed E-state index contributed by atoms with van der Waals surface area (Å²) in [6, 6.07) is 10.9. The molecule has 0 atom stereocenters. The van der Waals surface area contributed by atoms with Crippen LogP contribution in [-0.2, 0) is 0 Å². The molecule has 0 saturated heterocycles. The Kier molecular flexibility index (Phi) is 3.61. The van der Waals surface area contributed by atoms with E-state index in [1.807, 2.05) is 0 Å². The highest BCUT2D eigenvalue weighted by Gasteiger charge is 2.12. The fraction of sp³-hybridized carbons (Fsp3) is 0.263. The molecule has 0 fully saturated rings. The van der Waals surface area contributed by atoms with E-state index in [9.17, 15) is 0 Å². The molecular weight excluding hydrogens is 228 g/mol. The third-order valence-electron chi connectivity index (χ3n) is 4.07. The molecule has 0 spiro atoms. The van der Waals surface area contributed by atoms with Crippen LogP contribution in [0.5, 0.6) is 0 Å². The topological polar surface area (TPSA) is 0 Å². The predicted molar refractivity (Wildman–Crippen MR) is 84.7 cm³/mol. The second kappa shape index (κ2) is 5.05. The van der Waals surface area contributed by atoms with Gasteiger partial charge in [-0.2, -0.15) is 0 Å². The van der Waals surface area contributed by atoms with Crippen LogP contribution >= 0.6 is 0 Å². The fourth-order valence-electron chi connectivity index (χ4n) is 2.57. The molecule has 0 aliphatic heterocycles. The second-order valence-corrected chi connectivity index (χ2v) is 5.48. The van der Waals surface area contributed by atoms with Gasteiger partial charge in [0.15, 0.2) is 0 Å². The van der Waals surface area contributed by atoms with E-state index in [1.54, 1.807) is 0 Å². The molecular formula is C19H22. The maximum atomic E-state index is 4.33. The number of benzene rings is 2. The van der Waals surface area contributed by atoms with Gasteiger partial charge in [-0.15, -0.1) is 0 Å². The highest BCUT2D eigenvalue weighted by Crippen LogP contribution is 2.31. The summed E-state index contributed by atoms with van der Waals surface area (Å²) >= 11 is 0. The summed E-state index contributed by atoms with van der Waals surface area (Å²) in [7, 11) is 0. The molecule has 0 nitrogen and oxygen atoms in total. The molecule has 19 heavy (non-hydrogen) atoms. The van der Waals surface area contributed by atoms with Gasteiger partial charge >= 0.3 is 0 Å². The monoisotopic (exact) mass is 250 g/mol. The van der Waals surface area contributed by atoms with Crippen LogP contribution in [0.3, 0.4) is 0 Å². The van der Waals surface area contributed by atoms with Crippen molar-refractivity contribution in [1.29, 1.82) is 0 Å². The molecule has 0 unspecified atom stereocenters. The molecule has 0 aliphatic carbocycles. The van der Waals surface area contributed by atoms with Crippen molar-refractivity contribution in [2.24, 2.45) is 0 Å². The quantitative estimate of drug-likeness (QED) is 0.679. The molecule has 2 aromatic rings. The molecule has 0 aliphatic rings. The van der Waals surface area contributed by atoms with Gasteiger partial charge in [0.1, 0.15) is 0 Å². The van der Waals surface area contributed by atoms with Gasteiger partial charge in [0, 0.05) is 0 Å². The van der Waals surface area contributed by atoms with E-state index < -0.39 is 0 Å². The minimum absolute atomic E-state index is 1.13. The van der Waals surface area contributed by atoms with Crippen LogP contribution in [-0.4, -0.2) is 0 Å². The lowest BCUT2D eigenvalue weighted by Gasteiger charge is -2.17. The Morgan fingerprint density at radius 3 is 1.74 bits per heavy atom. The maximum absolute atomic E-state index is 4.33. The summed E-state index contributed by atoms with van der Waals surface area (Å²) in [6.45, 7) is 15.2. The van der Waals surface area contributed by atoms with Crippen LogP contribution in [0.1, 0.15) is 38.9 Å². The molecule has 0 saturated carbocycles. The van der Waals surface area contributed by atoms with E-state index in [0.717, 1.165) is 5.57 Å². The summed E-state index contributed by atoms with van der Waals surface area (Å²) in [4.78, 5) is 0. The number of hydrogen-bond donors (Lipinski definition) is 0. The Morgan fingerprint density at radius 1 is 0.789 bits per heavy atom. The molecule has 0 radical (unpaired) electrons. The van der Waals surface area contributed by atoms with Crippen molar-refractivity contribution in [3.05, 3.63) is 75.9 Å². The average Bonchev–Trinajstić information content (AvgIpc) is 2.37. The zero-order chi connectivity index (χ0) is 14.2. The zero-order valence-corrected chi connectivity index (χ0v) is 12.6. The van der Waals surface area contributed by atoms with Crippen LogP contribution in [0, 0.1) is 34.6 Å². The van der Waals surface area contributed by atoms with E-state index in [0.29, 0.717) is 0 Å². The van der Waals surface area contributed by atoms with E-state index >= 15 is 0 Å². The molecule has 0 bridgehead atoms. The van der Waals surface area contributed by atoms with Gasteiger partial charge in [-0.1, -0.05) is 42.5 Å². The Morgan fingerprint density at radius 2 is 1.26 bits per heavy atom. The van der Waals surface area contributed by atoms with E-state index in [2.05, 4.69) is 71.5 Å². The summed E-state index contributed by atoms with van der Waals surface area (Å²) in [5.41, 5.74) is 10.3. The third kappa shape index (κ3) is 2.49. The normalized spacial score (nSPS) is 10.6. The van der Waals surface area contributed by atoms with Gasteiger partial charge < -0.3 is 0 Å². The lowest BCUT2D eigenvalue weighted by molar-refractivity contribution is 1.22. The number of hydrogen-bond acceptors (Lipinski definition) is 0. The van der Waals surface area contributed by atoms with E-state index in [1.165, 1.54) is 38.9 Å². The summed E-state index contributed by atoms with van der Waals surface area (Å²) in [6.07, 6.45) is 0. The van der Waals surface area contributed by atoms with Crippen LogP contribution in [0.4, 0.5) is 0 Å². The zero-order valence-electron chi connectivity index (χ0n) is 12.6. The van der Waals surface area contributed by atoms with Gasteiger partial charge in [0.05, 0.1) is 0 Å². The van der Waals surface area contributed by atoms with Gasteiger partial charge in [0.2, 0.25) is 0 Å². The number of rotatable bonds is 2. The molecule has 0 heterocycles. The molecule has 2 aromatic carbocycles. The van der Waals surface area contributed by atoms with Crippen molar-refractivity contribution in [2.45, 2.75) is 34.6 Å². The Bertz CT molecular complexity index is 602. The largest absolute Gasteiger partial charge is 0.0905 e. The maximum Gasteiger partial charge on any atom is -0.0120 e. The average molecular weight is 250 g/mol. The summed E-state index contributed by atoms with van der Waals surface area (Å²) in [5.74, 6) is 0. The molecule has 0 amide bonds. The summed E-state index contributed by atoms with van der Waals surface area (Å²) < 4.78 is 0. The highest BCUT2D eigenvalue weighted by molar-refractivity contribution is 5.82. The molecule has 0 N–H and O–H groups in total. The first kappa shape index (κ1) is 13.6. The van der Waals surface area contributed by atoms with Crippen molar-refractivity contribution in [3.8, 4) is 0 Å². The molecule has 2 rings (SSSR count). The minimum Gasteiger partial charge on any atom is -0.0905 e. The summed E-state index contributed by atoms with van der Waals surface area (Å²) in [5, 5.41) is 0. The van der Waals surface area contributed by atoms with Crippen LogP contribution in [0.25, 0.3) is 5.57 Å². The molecule has 0 heteroatoms. The number of aryl methyl sites for hydroxylation is 3. The first-order chi connectivity index (χ1) is 8.91. The predicted octanol–water partition coefficient (Wildman–Crippen LogP) is 5.29. The lowest BCUT2D eigenvalue weighted by Crippen LogP contribution is -1.99. The van der Waals surface area contributed by atoms with Crippen LogP contribution in [0.15, 0.2) is 36.9 Å². The van der Waals surface area contributed by atoms with Crippen molar-refractivity contribution < 1.29 is 0 Å². The Hall–Kier alpha value is -1.82. The second-order valence-electron chi connectivity index (χ2n) is 5.48. The van der Waals surface area contributed by atoms with Gasteiger partial charge in [-0.25, -0.2) is 0 Å². The first-order valence-corrected chi connectivity index (χ1v) is 6.75. The van der Waals surface area contributed by atoms with Crippen LogP contribution < -0.4 is 0 Å². The molecule has 0 aromatic heterocycles. The first-order valence-electron chi connectivity index (χ1n) is 6.75. The Labute approximate surface area is 116 Å². The Balaban J connectivity index is 2.59. The third-order valence-corrected chi connectivity index (χ3v) is 4.07. The van der Waals surface area contributed by atoms with E-state index in [-0.39, 0.29) is 0 Å². The van der Waals surface area contributed by atoms with Gasteiger partial charge in [-0.05, 0) is 73.6 Å². The van der Waals surface area contributed by atoms with Gasteiger partial charge in [0.25, 0.3) is 0 Å². The van der Waals surface area contributed by atoms with Gasteiger partial charge in [-0.3, -0.25) is 0 Å². The van der Waals surface area contributed by atoms with Crippen molar-refractivity contribution in [1.82, 2.24) is 0 Å².